The second-order valence-electron chi connectivity index (χ2n) is 9.35. The summed E-state index contributed by atoms with van der Waals surface area (Å²) in [6, 6.07) is 8.73. The van der Waals surface area contributed by atoms with Gasteiger partial charge in [-0.25, -0.2) is 9.59 Å². The molecule has 188 valence electrons. The number of ketones is 1. The Morgan fingerprint density at radius 3 is 2.50 bits per heavy atom. The van der Waals surface area contributed by atoms with Gasteiger partial charge in [0.15, 0.2) is 5.78 Å². The predicted molar refractivity (Wildman–Crippen MR) is 125 cm³/mol. The summed E-state index contributed by atoms with van der Waals surface area (Å²) >= 11 is 0. The van der Waals surface area contributed by atoms with Gasteiger partial charge >= 0.3 is 18.2 Å². The van der Waals surface area contributed by atoms with E-state index in [0.717, 1.165) is 5.56 Å². The van der Waals surface area contributed by atoms with Gasteiger partial charge in [0.2, 0.25) is 0 Å². The van der Waals surface area contributed by atoms with Gasteiger partial charge in [-0.1, -0.05) is 30.3 Å². The topological polar surface area (TPSA) is 111 Å². The Kier molecular flexibility index (Phi) is 10.3. The Hall–Kier alpha value is -3.10. The SMILES string of the molecule is COC(=O)[C@H](CCCNC(=O)OCc1ccccc1)CC(=O)[C@@H]1CCCN1C(=O)OC(C)(C)C. The minimum Gasteiger partial charge on any atom is -0.469 e. The molecule has 0 saturated carbocycles. The first kappa shape index (κ1) is 27.1. The lowest BCUT2D eigenvalue weighted by atomic mass is 9.93. The monoisotopic (exact) mass is 476 g/mol. The lowest BCUT2D eigenvalue weighted by Crippen LogP contribution is -2.44. The van der Waals surface area contributed by atoms with Crippen molar-refractivity contribution in [3.8, 4) is 0 Å². The lowest BCUT2D eigenvalue weighted by Gasteiger charge is -2.28. The molecule has 1 heterocycles. The second-order valence-corrected chi connectivity index (χ2v) is 9.35. The third-order valence-corrected chi connectivity index (χ3v) is 5.45. The highest BCUT2D eigenvalue weighted by molar-refractivity contribution is 5.91. The minimum absolute atomic E-state index is 0.0326. The molecule has 1 N–H and O–H groups in total. The fraction of sp³-hybridized carbons (Fsp3) is 0.600. The van der Waals surface area contributed by atoms with Crippen molar-refractivity contribution in [2.75, 3.05) is 20.2 Å². The molecule has 0 aromatic heterocycles. The predicted octanol–water partition coefficient (Wildman–Crippen LogP) is 3.84. The molecule has 0 bridgehead atoms. The molecular formula is C25H36N2O7. The number of alkyl carbamates (subject to hydrolysis) is 1. The van der Waals surface area contributed by atoms with Crippen LogP contribution >= 0.6 is 0 Å². The number of hydrogen-bond donors (Lipinski definition) is 1. The molecule has 1 aliphatic rings. The summed E-state index contributed by atoms with van der Waals surface area (Å²) in [5.74, 6) is -1.32. The number of ether oxygens (including phenoxy) is 3. The van der Waals surface area contributed by atoms with E-state index < -0.39 is 35.7 Å². The molecule has 1 aromatic rings. The first-order valence-corrected chi connectivity index (χ1v) is 11.7. The van der Waals surface area contributed by atoms with E-state index in [9.17, 15) is 19.2 Å². The zero-order valence-corrected chi connectivity index (χ0v) is 20.5. The number of esters is 1. The Labute approximate surface area is 201 Å². The number of likely N-dealkylation sites (tertiary alicyclic amines) is 1. The maximum Gasteiger partial charge on any atom is 0.410 e. The molecule has 1 fully saturated rings. The number of rotatable bonds is 10. The van der Waals surface area contributed by atoms with Crippen LogP contribution in [0.1, 0.15) is 58.4 Å². The van der Waals surface area contributed by atoms with Gasteiger partial charge in [0.05, 0.1) is 19.1 Å². The first-order valence-electron chi connectivity index (χ1n) is 11.7. The molecule has 9 nitrogen and oxygen atoms in total. The van der Waals surface area contributed by atoms with Crippen LogP contribution in [0, 0.1) is 5.92 Å². The highest BCUT2D eigenvalue weighted by Gasteiger charge is 2.38. The minimum atomic E-state index is -0.656. The van der Waals surface area contributed by atoms with E-state index in [-0.39, 0.29) is 18.8 Å². The van der Waals surface area contributed by atoms with E-state index in [1.165, 1.54) is 12.0 Å². The van der Waals surface area contributed by atoms with Gasteiger partial charge < -0.3 is 19.5 Å². The highest BCUT2D eigenvalue weighted by Crippen LogP contribution is 2.25. The highest BCUT2D eigenvalue weighted by atomic mass is 16.6. The van der Waals surface area contributed by atoms with E-state index in [4.69, 9.17) is 14.2 Å². The summed E-state index contributed by atoms with van der Waals surface area (Å²) in [7, 11) is 1.28. The summed E-state index contributed by atoms with van der Waals surface area (Å²) in [6.07, 6.45) is 0.971. The Bertz CT molecular complexity index is 835. The zero-order valence-electron chi connectivity index (χ0n) is 20.5. The molecule has 1 aromatic carbocycles. The maximum atomic E-state index is 13.0. The smallest absolute Gasteiger partial charge is 0.410 e. The van der Waals surface area contributed by atoms with Crippen molar-refractivity contribution in [3.63, 3.8) is 0 Å². The molecule has 0 radical (unpaired) electrons. The number of methoxy groups -OCH3 is 1. The van der Waals surface area contributed by atoms with Crippen LogP contribution in [0.4, 0.5) is 9.59 Å². The number of nitrogens with one attached hydrogen (secondary N) is 1. The fourth-order valence-electron chi connectivity index (χ4n) is 3.80. The van der Waals surface area contributed by atoms with Crippen molar-refractivity contribution in [1.29, 1.82) is 0 Å². The summed E-state index contributed by atoms with van der Waals surface area (Å²) in [5.41, 5.74) is 0.228. The Morgan fingerprint density at radius 2 is 1.85 bits per heavy atom. The van der Waals surface area contributed by atoms with Crippen LogP contribution in [-0.2, 0) is 30.4 Å². The van der Waals surface area contributed by atoms with E-state index >= 15 is 0 Å². The van der Waals surface area contributed by atoms with Crippen molar-refractivity contribution in [1.82, 2.24) is 10.2 Å². The van der Waals surface area contributed by atoms with Crippen LogP contribution in [0.2, 0.25) is 0 Å². The van der Waals surface area contributed by atoms with Crippen LogP contribution in [0.15, 0.2) is 30.3 Å². The second kappa shape index (κ2) is 13.0. The van der Waals surface area contributed by atoms with Crippen LogP contribution in [0.25, 0.3) is 0 Å². The van der Waals surface area contributed by atoms with Crippen LogP contribution in [0.5, 0.6) is 0 Å². The summed E-state index contributed by atoms with van der Waals surface area (Å²) < 4.78 is 15.4. The molecule has 0 unspecified atom stereocenters. The third-order valence-electron chi connectivity index (χ3n) is 5.45. The van der Waals surface area contributed by atoms with Crippen LogP contribution in [0.3, 0.4) is 0 Å². The van der Waals surface area contributed by atoms with Gasteiger partial charge in [-0.3, -0.25) is 14.5 Å². The van der Waals surface area contributed by atoms with Gasteiger partial charge in [0.25, 0.3) is 0 Å². The van der Waals surface area contributed by atoms with E-state index in [2.05, 4.69) is 5.32 Å². The number of carbonyl (C=O) groups is 4. The summed E-state index contributed by atoms with van der Waals surface area (Å²) in [6.45, 7) is 6.23. The average molecular weight is 477 g/mol. The van der Waals surface area contributed by atoms with Crippen molar-refractivity contribution < 1.29 is 33.4 Å². The number of nitrogens with zero attached hydrogens (tertiary/aromatic N) is 1. The number of Topliss-reactive ketones (excluding diaryl/α,β-unsaturated/α-hetero) is 1. The molecule has 2 atom stereocenters. The number of benzene rings is 1. The van der Waals surface area contributed by atoms with E-state index in [0.29, 0.717) is 38.8 Å². The van der Waals surface area contributed by atoms with Gasteiger partial charge in [-0.2, -0.15) is 0 Å². The van der Waals surface area contributed by atoms with Crippen molar-refractivity contribution in [2.45, 2.75) is 71.1 Å². The summed E-state index contributed by atoms with van der Waals surface area (Å²) in [4.78, 5) is 51.0. The molecule has 1 aliphatic heterocycles. The van der Waals surface area contributed by atoms with Gasteiger partial charge in [0, 0.05) is 19.5 Å². The molecule has 34 heavy (non-hydrogen) atoms. The fourth-order valence-corrected chi connectivity index (χ4v) is 3.80. The molecule has 2 amide bonds. The molecular weight excluding hydrogens is 440 g/mol. The van der Waals surface area contributed by atoms with Crippen molar-refractivity contribution >= 4 is 23.9 Å². The van der Waals surface area contributed by atoms with E-state index in [1.54, 1.807) is 20.8 Å². The quantitative estimate of drug-likeness (QED) is 0.310. The van der Waals surface area contributed by atoms with E-state index in [1.807, 2.05) is 30.3 Å². The van der Waals surface area contributed by atoms with Crippen molar-refractivity contribution in [2.24, 2.45) is 5.92 Å². The maximum absolute atomic E-state index is 13.0. The molecule has 2 rings (SSSR count). The summed E-state index contributed by atoms with van der Waals surface area (Å²) in [5, 5.41) is 2.65. The third kappa shape index (κ3) is 9.03. The van der Waals surface area contributed by atoms with Gasteiger partial charge in [-0.15, -0.1) is 0 Å². The Morgan fingerprint density at radius 1 is 1.15 bits per heavy atom. The number of carbonyl (C=O) groups excluding carboxylic acids is 4. The standard InChI is InChI=1S/C25H36N2O7/c1-25(2,3)34-24(31)27-15-9-13-20(27)21(28)16-19(22(29)32-4)12-8-14-26-23(30)33-17-18-10-6-5-7-11-18/h5-7,10-11,19-20H,8-9,12-17H2,1-4H3,(H,26,30)/t19-,20+/m1/s1. The van der Waals surface area contributed by atoms with Gasteiger partial charge in [0.1, 0.15) is 12.2 Å². The van der Waals surface area contributed by atoms with Crippen molar-refractivity contribution in [3.05, 3.63) is 35.9 Å². The molecule has 0 aliphatic carbocycles. The van der Waals surface area contributed by atoms with Crippen LogP contribution < -0.4 is 5.32 Å². The number of amides is 2. The van der Waals surface area contributed by atoms with Crippen LogP contribution in [-0.4, -0.2) is 60.7 Å². The normalized spacial score (nSPS) is 16.5. The zero-order chi connectivity index (χ0) is 25.1. The largest absolute Gasteiger partial charge is 0.469 e. The first-order chi connectivity index (χ1) is 16.1. The van der Waals surface area contributed by atoms with Gasteiger partial charge in [-0.05, 0) is 52.0 Å². The lowest BCUT2D eigenvalue weighted by molar-refractivity contribution is -0.147. The average Bonchev–Trinajstić information content (AvgIpc) is 3.29. The molecule has 0 spiro atoms. The molecule has 9 heteroatoms. The number of hydrogen-bond acceptors (Lipinski definition) is 7. The molecule has 1 saturated heterocycles. The Balaban J connectivity index is 1.81.